The summed E-state index contributed by atoms with van der Waals surface area (Å²) in [6, 6.07) is 0. The van der Waals surface area contributed by atoms with Crippen molar-refractivity contribution in [1.29, 1.82) is 0 Å². The van der Waals surface area contributed by atoms with E-state index in [1.54, 1.807) is 0 Å². The molecular formula is C2H4O5S2-2. The molecule has 0 radical (unpaired) electrons. The average molecular weight is 172 g/mol. The fraction of sp³-hybridized carbons (Fsp3) is 1.00. The third-order valence-electron chi connectivity index (χ3n) is 0.359. The van der Waals surface area contributed by atoms with Crippen LogP contribution in [-0.2, 0) is 26.9 Å². The van der Waals surface area contributed by atoms with Gasteiger partial charge in [-0.05, 0) is 22.2 Å². The number of rotatable bonds is 4. The van der Waals surface area contributed by atoms with Gasteiger partial charge in [0.2, 0.25) is 0 Å². The zero-order valence-electron chi connectivity index (χ0n) is 4.27. The molecule has 56 valence electrons. The van der Waals surface area contributed by atoms with E-state index in [0.29, 0.717) is 0 Å². The van der Waals surface area contributed by atoms with Crippen LogP contribution in [0.25, 0.3) is 0 Å². The van der Waals surface area contributed by atoms with Gasteiger partial charge in [-0.3, -0.25) is 8.42 Å². The van der Waals surface area contributed by atoms with Crippen LogP contribution in [0, 0.1) is 0 Å². The van der Waals surface area contributed by atoms with Gasteiger partial charge < -0.3 is 13.8 Å². The van der Waals surface area contributed by atoms with Crippen molar-refractivity contribution in [1.82, 2.24) is 0 Å². The van der Waals surface area contributed by atoms with Crippen molar-refractivity contribution in [3.8, 4) is 0 Å². The Bertz CT molecular complexity index is 108. The normalized spacial score (nSPS) is 17.1. The maximum atomic E-state index is 9.65. The van der Waals surface area contributed by atoms with Crippen molar-refractivity contribution >= 4 is 22.2 Å². The average Bonchev–Trinajstić information content (AvgIpc) is 1.63. The van der Waals surface area contributed by atoms with Crippen LogP contribution in [0.1, 0.15) is 0 Å². The summed E-state index contributed by atoms with van der Waals surface area (Å²) in [4.78, 5) is 0. The van der Waals surface area contributed by atoms with Crippen LogP contribution in [0.5, 0.6) is 0 Å². The predicted molar refractivity (Wildman–Crippen MR) is 28.7 cm³/mol. The summed E-state index contributed by atoms with van der Waals surface area (Å²) in [7, 11) is 0. The van der Waals surface area contributed by atoms with Gasteiger partial charge in [0.05, 0.1) is 0 Å². The lowest BCUT2D eigenvalue weighted by Crippen LogP contribution is -2.05. The second-order valence-electron chi connectivity index (χ2n) is 1.05. The third kappa shape index (κ3) is 8.18. The lowest BCUT2D eigenvalue weighted by atomic mass is 11.5. The summed E-state index contributed by atoms with van der Waals surface area (Å²) in [5.74, 6) is -1.15. The summed E-state index contributed by atoms with van der Waals surface area (Å²) in [5.41, 5.74) is 0. The highest BCUT2D eigenvalue weighted by Gasteiger charge is 1.84. The molecule has 0 rings (SSSR count). The molecule has 9 heavy (non-hydrogen) atoms. The molecule has 0 spiro atoms. The molecule has 0 aliphatic heterocycles. The first-order valence-corrected chi connectivity index (χ1v) is 4.31. The highest BCUT2D eigenvalue weighted by molar-refractivity contribution is 7.79. The van der Waals surface area contributed by atoms with E-state index in [2.05, 4.69) is 4.74 Å². The van der Waals surface area contributed by atoms with Gasteiger partial charge in [0.1, 0.15) is 11.9 Å². The van der Waals surface area contributed by atoms with Gasteiger partial charge >= 0.3 is 0 Å². The van der Waals surface area contributed by atoms with E-state index in [1.165, 1.54) is 0 Å². The smallest absolute Gasteiger partial charge is 0.110 e. The van der Waals surface area contributed by atoms with Gasteiger partial charge in [-0.15, -0.1) is 0 Å². The van der Waals surface area contributed by atoms with Crippen molar-refractivity contribution in [3.05, 3.63) is 0 Å². The first-order chi connectivity index (χ1) is 4.13. The van der Waals surface area contributed by atoms with Crippen molar-refractivity contribution in [2.75, 3.05) is 11.9 Å². The van der Waals surface area contributed by atoms with Crippen LogP contribution in [-0.4, -0.2) is 29.4 Å². The minimum atomic E-state index is -2.33. The highest BCUT2D eigenvalue weighted by Crippen LogP contribution is 1.80. The van der Waals surface area contributed by atoms with Crippen LogP contribution in [0.4, 0.5) is 0 Å². The van der Waals surface area contributed by atoms with Gasteiger partial charge in [0.15, 0.2) is 0 Å². The van der Waals surface area contributed by atoms with Crippen LogP contribution >= 0.6 is 0 Å². The van der Waals surface area contributed by atoms with E-state index in [-0.39, 0.29) is 0 Å². The molecule has 0 saturated heterocycles. The minimum Gasteiger partial charge on any atom is -0.771 e. The Morgan fingerprint density at radius 2 is 1.44 bits per heavy atom. The highest BCUT2D eigenvalue weighted by atomic mass is 32.2. The van der Waals surface area contributed by atoms with Gasteiger partial charge in [-0.1, -0.05) is 0 Å². The maximum Gasteiger partial charge on any atom is 0.110 e. The lowest BCUT2D eigenvalue weighted by molar-refractivity contribution is 0.219. The molecule has 0 aliphatic rings. The number of hydrogen-bond donors (Lipinski definition) is 0. The molecule has 0 saturated carbocycles. The summed E-state index contributed by atoms with van der Waals surface area (Å²) in [5, 5.41) is 0. The second-order valence-corrected chi connectivity index (χ2v) is 2.73. The maximum absolute atomic E-state index is 9.65. The summed E-state index contributed by atoms with van der Waals surface area (Å²) in [6.45, 7) is 0. The van der Waals surface area contributed by atoms with E-state index in [4.69, 9.17) is 0 Å². The van der Waals surface area contributed by atoms with Crippen LogP contribution < -0.4 is 0 Å². The van der Waals surface area contributed by atoms with Gasteiger partial charge in [-0.2, -0.15) is 0 Å². The standard InChI is InChI=1S/C2H6O5S2/c3-8(4)1-7-2-9(5)6/h1-2H2,(H,3,4)(H,5,6)/p-2. The molecule has 0 aromatic carbocycles. The van der Waals surface area contributed by atoms with E-state index in [9.17, 15) is 17.5 Å². The summed E-state index contributed by atoms with van der Waals surface area (Å²) >= 11 is -4.66. The topological polar surface area (TPSA) is 89.5 Å². The Hall–Kier alpha value is 0.180. The van der Waals surface area contributed by atoms with Crippen molar-refractivity contribution in [2.45, 2.75) is 0 Å². The quantitative estimate of drug-likeness (QED) is 0.490. The zero-order valence-corrected chi connectivity index (χ0v) is 5.90. The molecule has 5 nitrogen and oxygen atoms in total. The fourth-order valence-electron chi connectivity index (χ4n) is 0.170. The first kappa shape index (κ1) is 9.18. The minimum absolute atomic E-state index is 0.575. The molecular weight excluding hydrogens is 168 g/mol. The van der Waals surface area contributed by atoms with E-state index in [1.807, 2.05) is 0 Å². The van der Waals surface area contributed by atoms with Crippen LogP contribution in [0.3, 0.4) is 0 Å². The Morgan fingerprint density at radius 1 is 1.11 bits per heavy atom. The molecule has 0 aliphatic carbocycles. The van der Waals surface area contributed by atoms with Gasteiger partial charge in [0.25, 0.3) is 0 Å². The van der Waals surface area contributed by atoms with E-state index >= 15 is 0 Å². The van der Waals surface area contributed by atoms with Crippen LogP contribution in [0.2, 0.25) is 0 Å². The van der Waals surface area contributed by atoms with Crippen molar-refractivity contribution < 1.29 is 22.3 Å². The Labute approximate surface area is 57.0 Å². The van der Waals surface area contributed by atoms with E-state index < -0.39 is 34.0 Å². The third-order valence-corrected chi connectivity index (χ3v) is 1.08. The molecule has 2 unspecified atom stereocenters. The fourth-order valence-corrected chi connectivity index (χ4v) is 0.714. The predicted octanol–water partition coefficient (Wildman–Crippen LogP) is -1.32. The van der Waals surface area contributed by atoms with Crippen LogP contribution in [0.15, 0.2) is 0 Å². The molecule has 0 bridgehead atoms. The molecule has 0 N–H and O–H groups in total. The molecule has 0 heterocycles. The molecule has 0 aromatic rings. The molecule has 7 heteroatoms. The van der Waals surface area contributed by atoms with E-state index in [0.717, 1.165) is 0 Å². The number of ether oxygens (including phenoxy) is 1. The lowest BCUT2D eigenvalue weighted by Gasteiger charge is -2.07. The largest absolute Gasteiger partial charge is 0.771 e. The Kier molecular flexibility index (Phi) is 5.10. The van der Waals surface area contributed by atoms with Crippen molar-refractivity contribution in [3.63, 3.8) is 0 Å². The SMILES string of the molecule is O=S([O-])COCS(=O)[O-]. The molecule has 0 aromatic heterocycles. The summed E-state index contributed by atoms with van der Waals surface area (Å²) < 4.78 is 42.8. The molecule has 0 amide bonds. The Balaban J connectivity index is 3.10. The zero-order chi connectivity index (χ0) is 7.28. The first-order valence-electron chi connectivity index (χ1n) is 1.82. The molecule has 0 fully saturated rings. The number of hydrogen-bond acceptors (Lipinski definition) is 5. The van der Waals surface area contributed by atoms with Gasteiger partial charge in [0, 0.05) is 0 Å². The second kappa shape index (κ2) is 5.00. The van der Waals surface area contributed by atoms with Gasteiger partial charge in [-0.25, -0.2) is 0 Å². The Morgan fingerprint density at radius 3 is 1.67 bits per heavy atom. The monoisotopic (exact) mass is 172 g/mol. The van der Waals surface area contributed by atoms with Crippen molar-refractivity contribution in [2.24, 2.45) is 0 Å². The summed E-state index contributed by atoms with van der Waals surface area (Å²) in [6.07, 6.45) is 0. The molecule has 2 atom stereocenters.